The summed E-state index contributed by atoms with van der Waals surface area (Å²) in [5.74, 6) is 0. The maximum atomic E-state index is 12.4. The van der Waals surface area contributed by atoms with Gasteiger partial charge in [-0.3, -0.25) is 5.32 Å². The molecule has 3 N–H and O–H groups in total. The average molecular weight is 440 g/mol. The minimum atomic E-state index is -0.109. The minimum absolute atomic E-state index is 0.109. The fourth-order valence-electron chi connectivity index (χ4n) is 3.70. The molecule has 0 aromatic carbocycles. The van der Waals surface area contributed by atoms with E-state index in [-0.39, 0.29) is 6.03 Å². The molecule has 1 aliphatic carbocycles. The number of carbonyl (C=O) groups is 1. The van der Waals surface area contributed by atoms with Crippen molar-refractivity contribution in [3.05, 3.63) is 35.8 Å². The number of carbonyl (C=O) groups excluding carboxylic acids is 1. The van der Waals surface area contributed by atoms with E-state index in [1.807, 2.05) is 0 Å². The summed E-state index contributed by atoms with van der Waals surface area (Å²) in [5, 5.41) is 10.5. The van der Waals surface area contributed by atoms with Crippen LogP contribution in [-0.4, -0.2) is 12.6 Å². The predicted octanol–water partition coefficient (Wildman–Crippen LogP) is 4.73. The zero-order valence-electron chi connectivity index (χ0n) is 14.3. The predicted molar refractivity (Wildman–Crippen MR) is 109 cm³/mol. The first-order valence-corrected chi connectivity index (χ1v) is 11.2. The van der Waals surface area contributed by atoms with E-state index in [9.17, 15) is 4.79 Å². The number of rotatable bonds is 3. The van der Waals surface area contributed by atoms with Crippen LogP contribution < -0.4 is 16.0 Å². The Hall–Kier alpha value is -0.890. The summed E-state index contributed by atoms with van der Waals surface area (Å²) in [6.45, 7) is 4.65. The normalized spacial score (nSPS) is 16.2. The fraction of sp³-hybridized carbons (Fsp3) is 0.500. The van der Waals surface area contributed by atoms with E-state index in [0.29, 0.717) is 6.54 Å². The van der Waals surface area contributed by atoms with Gasteiger partial charge in [-0.25, -0.2) is 4.79 Å². The lowest BCUT2D eigenvalue weighted by molar-refractivity contribution is 0.252. The van der Waals surface area contributed by atoms with Crippen molar-refractivity contribution in [2.45, 2.75) is 52.1 Å². The van der Waals surface area contributed by atoms with Gasteiger partial charge in [-0.2, -0.15) is 0 Å². The molecule has 0 bridgehead atoms. The quantitative estimate of drug-likeness (QED) is 0.647. The molecular weight excluding hydrogens is 418 g/mol. The topological polar surface area (TPSA) is 53.2 Å². The molecule has 2 aromatic heterocycles. The molecule has 4 nitrogen and oxygen atoms in total. The number of aryl methyl sites for hydroxylation is 1. The van der Waals surface area contributed by atoms with Crippen LogP contribution in [0.5, 0.6) is 0 Å². The van der Waals surface area contributed by atoms with Crippen LogP contribution in [0.1, 0.15) is 44.8 Å². The Kier molecular flexibility index (Phi) is 5.18. The molecule has 0 saturated heterocycles. The first-order valence-electron chi connectivity index (χ1n) is 8.79. The highest BCUT2D eigenvalue weighted by Crippen LogP contribution is 2.38. The van der Waals surface area contributed by atoms with Crippen LogP contribution in [0.25, 0.3) is 0 Å². The average Bonchev–Trinajstić information content (AvgIpc) is 3.10. The Bertz CT molecular complexity index is 812. The molecular formula is C18H22BrN3OS2. The molecule has 0 unspecified atom stereocenters. The van der Waals surface area contributed by atoms with Gasteiger partial charge in [0.25, 0.3) is 0 Å². The molecule has 0 saturated carbocycles. The van der Waals surface area contributed by atoms with Gasteiger partial charge >= 0.3 is 6.03 Å². The maximum Gasteiger partial charge on any atom is 0.320 e. The summed E-state index contributed by atoms with van der Waals surface area (Å²) in [5.41, 5.74) is 5.36. The Labute approximate surface area is 164 Å². The zero-order chi connectivity index (χ0) is 17.4. The van der Waals surface area contributed by atoms with Crippen molar-refractivity contribution in [2.24, 2.45) is 0 Å². The summed E-state index contributed by atoms with van der Waals surface area (Å²) in [7, 11) is 0. The molecule has 3 heterocycles. The lowest BCUT2D eigenvalue weighted by Gasteiger charge is -2.14. The molecule has 0 spiro atoms. The fourth-order valence-corrected chi connectivity index (χ4v) is 7.02. The van der Waals surface area contributed by atoms with E-state index in [1.165, 1.54) is 44.8 Å². The Morgan fingerprint density at radius 1 is 1.16 bits per heavy atom. The van der Waals surface area contributed by atoms with Crippen LogP contribution in [0.2, 0.25) is 0 Å². The lowest BCUT2D eigenvalue weighted by Crippen LogP contribution is -2.29. The van der Waals surface area contributed by atoms with Crippen LogP contribution in [0.4, 0.5) is 9.80 Å². The van der Waals surface area contributed by atoms with Gasteiger partial charge in [-0.1, -0.05) is 0 Å². The molecule has 1 aliphatic heterocycles. The highest BCUT2D eigenvalue weighted by atomic mass is 79.9. The highest BCUT2D eigenvalue weighted by Gasteiger charge is 2.21. The third-order valence-corrected chi connectivity index (χ3v) is 8.41. The highest BCUT2D eigenvalue weighted by molar-refractivity contribution is 9.11. The van der Waals surface area contributed by atoms with Crippen molar-refractivity contribution < 1.29 is 4.79 Å². The number of fused-ring (bicyclic) bond motifs is 2. The van der Waals surface area contributed by atoms with Gasteiger partial charge in [0.2, 0.25) is 0 Å². The Morgan fingerprint density at radius 3 is 2.84 bits per heavy atom. The van der Waals surface area contributed by atoms with Crippen LogP contribution >= 0.6 is 38.6 Å². The summed E-state index contributed by atoms with van der Waals surface area (Å²) in [6, 6.07) is -0.109. The molecule has 4 rings (SSSR count). The second kappa shape index (κ2) is 7.39. The standard InChI is InChI=1S/C18H22BrN3OS2/c1-10-11-4-2-3-5-14(11)25-17(10)22-18(23)21-8-13-12-6-7-20-9-15(12)24-16(13)19/h20H,2-9H2,1H3,(H2,21,22,23). The SMILES string of the molecule is Cc1c(NC(=O)NCc2c(Br)sc3c2CCNC3)sc2c1CCCC2. The number of nitrogens with one attached hydrogen (secondary N) is 3. The van der Waals surface area contributed by atoms with Crippen molar-refractivity contribution in [2.75, 3.05) is 11.9 Å². The molecule has 2 aromatic rings. The first kappa shape index (κ1) is 17.5. The van der Waals surface area contributed by atoms with E-state index >= 15 is 0 Å². The Morgan fingerprint density at radius 2 is 2.00 bits per heavy atom. The van der Waals surface area contributed by atoms with Crippen LogP contribution in [0.3, 0.4) is 0 Å². The van der Waals surface area contributed by atoms with Gasteiger partial charge in [-0.05, 0) is 83.8 Å². The summed E-state index contributed by atoms with van der Waals surface area (Å²) in [6.07, 6.45) is 5.88. The minimum Gasteiger partial charge on any atom is -0.334 e. The van der Waals surface area contributed by atoms with Gasteiger partial charge in [0.15, 0.2) is 0 Å². The smallest absolute Gasteiger partial charge is 0.320 e. The van der Waals surface area contributed by atoms with E-state index < -0.39 is 0 Å². The van der Waals surface area contributed by atoms with Crippen LogP contribution in [0, 0.1) is 6.92 Å². The number of urea groups is 1. The van der Waals surface area contributed by atoms with Crippen molar-refractivity contribution >= 4 is 49.6 Å². The molecule has 0 radical (unpaired) electrons. The maximum absolute atomic E-state index is 12.4. The van der Waals surface area contributed by atoms with Crippen molar-refractivity contribution in [1.82, 2.24) is 10.6 Å². The first-order chi connectivity index (χ1) is 12.1. The molecule has 25 heavy (non-hydrogen) atoms. The van der Waals surface area contributed by atoms with Crippen LogP contribution in [0.15, 0.2) is 3.79 Å². The molecule has 0 atom stereocenters. The second-order valence-electron chi connectivity index (χ2n) is 6.66. The van der Waals surface area contributed by atoms with Gasteiger partial charge in [0, 0.05) is 22.8 Å². The molecule has 0 fully saturated rings. The zero-order valence-corrected chi connectivity index (χ0v) is 17.5. The van der Waals surface area contributed by atoms with Gasteiger partial charge in [-0.15, -0.1) is 22.7 Å². The molecule has 7 heteroatoms. The summed E-state index contributed by atoms with van der Waals surface area (Å²) in [4.78, 5) is 15.3. The number of hydrogen-bond donors (Lipinski definition) is 3. The number of halogens is 1. The lowest BCUT2D eigenvalue weighted by atomic mass is 9.96. The van der Waals surface area contributed by atoms with Gasteiger partial charge in [0.05, 0.1) is 8.79 Å². The monoisotopic (exact) mass is 439 g/mol. The van der Waals surface area contributed by atoms with E-state index in [0.717, 1.165) is 41.1 Å². The van der Waals surface area contributed by atoms with Crippen LogP contribution in [-0.2, 0) is 32.4 Å². The molecule has 2 amide bonds. The third kappa shape index (κ3) is 3.52. The van der Waals surface area contributed by atoms with E-state index in [4.69, 9.17) is 0 Å². The third-order valence-electron chi connectivity index (χ3n) is 5.08. The van der Waals surface area contributed by atoms with Gasteiger partial charge < -0.3 is 10.6 Å². The van der Waals surface area contributed by atoms with Gasteiger partial charge in [0.1, 0.15) is 0 Å². The van der Waals surface area contributed by atoms with Crippen molar-refractivity contribution in [1.29, 1.82) is 0 Å². The van der Waals surface area contributed by atoms with E-state index in [2.05, 4.69) is 38.8 Å². The second-order valence-corrected chi connectivity index (χ2v) is 10.2. The molecule has 2 aliphatic rings. The number of hydrogen-bond acceptors (Lipinski definition) is 4. The summed E-state index contributed by atoms with van der Waals surface area (Å²) < 4.78 is 1.14. The van der Waals surface area contributed by atoms with Crippen molar-refractivity contribution in [3.63, 3.8) is 0 Å². The Balaban J connectivity index is 1.42. The van der Waals surface area contributed by atoms with Crippen molar-refractivity contribution in [3.8, 4) is 0 Å². The number of thiophene rings is 2. The molecule has 134 valence electrons. The summed E-state index contributed by atoms with van der Waals surface area (Å²) >= 11 is 7.20. The largest absolute Gasteiger partial charge is 0.334 e. The van der Waals surface area contributed by atoms with E-state index in [1.54, 1.807) is 22.7 Å². The number of anilines is 1. The number of amides is 2.